The third-order valence-electron chi connectivity index (χ3n) is 3.16. The number of methoxy groups -OCH3 is 1. The molecule has 0 spiro atoms. The lowest BCUT2D eigenvalue weighted by molar-refractivity contribution is -0.152. The lowest BCUT2D eigenvalue weighted by Gasteiger charge is -2.29. The van der Waals surface area contributed by atoms with Gasteiger partial charge in [-0.1, -0.05) is 0 Å². The van der Waals surface area contributed by atoms with Crippen molar-refractivity contribution >= 4 is 24.3 Å². The fraction of sp³-hybridized carbons (Fsp3) is 0.385. The third-order valence-corrected chi connectivity index (χ3v) is 3.16. The summed E-state index contributed by atoms with van der Waals surface area (Å²) in [6.45, 7) is 2.91. The van der Waals surface area contributed by atoms with Crippen molar-refractivity contribution in [1.82, 2.24) is 0 Å². The zero-order valence-corrected chi connectivity index (χ0v) is 12.5. The monoisotopic (exact) mass is 321 g/mol. The summed E-state index contributed by atoms with van der Waals surface area (Å²) in [7, 11) is 1.17. The lowest BCUT2D eigenvalue weighted by atomic mass is 9.80. The number of phenolic OH excluding ortho intramolecular Hbond substituents is 1. The van der Waals surface area contributed by atoms with Crippen molar-refractivity contribution < 1.29 is 28.9 Å². The second kappa shape index (κ2) is 6.73. The van der Waals surface area contributed by atoms with Gasteiger partial charge in [-0.05, 0) is 26.0 Å². The van der Waals surface area contributed by atoms with E-state index in [0.717, 1.165) is 6.07 Å². The van der Waals surface area contributed by atoms with Gasteiger partial charge in [0.05, 0.1) is 18.1 Å². The van der Waals surface area contributed by atoms with Crippen molar-refractivity contribution in [3.63, 3.8) is 0 Å². The summed E-state index contributed by atoms with van der Waals surface area (Å²) in [4.78, 5) is 22.6. The number of carbonyl (C=O) groups is 2. The standard InChI is InChI=1S/C13H16FNO5.ClH/c1-13(2,12(19)20-3)10(15)7-4-6(11(17)18)5-8(14)9(7)16;/h4-5,10,16H,15H2,1-3H3,(H,17,18);1H/t10-;/m0./s1. The summed E-state index contributed by atoms with van der Waals surface area (Å²) >= 11 is 0. The zero-order valence-electron chi connectivity index (χ0n) is 11.7. The Morgan fingerprint density at radius 2 is 1.90 bits per heavy atom. The molecule has 0 heterocycles. The van der Waals surface area contributed by atoms with E-state index in [-0.39, 0.29) is 23.5 Å². The number of benzene rings is 1. The highest BCUT2D eigenvalue weighted by Crippen LogP contribution is 2.38. The van der Waals surface area contributed by atoms with Crippen LogP contribution in [0.3, 0.4) is 0 Å². The molecule has 4 N–H and O–H groups in total. The van der Waals surface area contributed by atoms with Crippen LogP contribution in [-0.4, -0.2) is 29.3 Å². The molecule has 0 amide bonds. The molecule has 118 valence electrons. The molecule has 0 aliphatic heterocycles. The Morgan fingerprint density at radius 3 is 2.33 bits per heavy atom. The molecule has 0 aliphatic rings. The maximum atomic E-state index is 13.5. The predicted octanol–water partition coefficient (Wildman–Crippen LogP) is 1.85. The number of carboxylic acid groups (broad SMARTS) is 1. The van der Waals surface area contributed by atoms with E-state index in [1.807, 2.05) is 0 Å². The van der Waals surface area contributed by atoms with Crippen LogP contribution in [0.15, 0.2) is 12.1 Å². The molecule has 1 atom stereocenters. The van der Waals surface area contributed by atoms with Crippen molar-refractivity contribution in [1.29, 1.82) is 0 Å². The summed E-state index contributed by atoms with van der Waals surface area (Å²) in [6, 6.07) is 0.582. The highest BCUT2D eigenvalue weighted by Gasteiger charge is 2.38. The molecule has 0 fully saturated rings. The van der Waals surface area contributed by atoms with Gasteiger partial charge in [-0.15, -0.1) is 12.4 Å². The summed E-state index contributed by atoms with van der Waals surface area (Å²) in [5, 5.41) is 18.6. The minimum Gasteiger partial charge on any atom is -0.505 e. The van der Waals surface area contributed by atoms with Crippen LogP contribution in [0.2, 0.25) is 0 Å². The number of aromatic hydroxyl groups is 1. The fourth-order valence-corrected chi connectivity index (χ4v) is 1.76. The molecule has 0 aliphatic carbocycles. The van der Waals surface area contributed by atoms with Gasteiger partial charge in [0.1, 0.15) is 0 Å². The largest absolute Gasteiger partial charge is 0.505 e. The van der Waals surface area contributed by atoms with E-state index in [2.05, 4.69) is 4.74 Å². The number of hydrogen-bond donors (Lipinski definition) is 3. The van der Waals surface area contributed by atoms with Crippen molar-refractivity contribution in [3.05, 3.63) is 29.1 Å². The Kier molecular flexibility index (Phi) is 6.13. The van der Waals surface area contributed by atoms with Gasteiger partial charge in [0.2, 0.25) is 0 Å². The van der Waals surface area contributed by atoms with Gasteiger partial charge in [-0.3, -0.25) is 4.79 Å². The summed E-state index contributed by atoms with van der Waals surface area (Å²) < 4.78 is 18.1. The molecule has 1 aromatic carbocycles. The number of esters is 1. The van der Waals surface area contributed by atoms with E-state index in [1.165, 1.54) is 21.0 Å². The smallest absolute Gasteiger partial charge is 0.335 e. The zero-order chi connectivity index (χ0) is 15.7. The molecule has 6 nitrogen and oxygen atoms in total. The first-order valence-electron chi connectivity index (χ1n) is 5.72. The minimum atomic E-state index is -1.37. The van der Waals surface area contributed by atoms with Crippen LogP contribution in [0.25, 0.3) is 0 Å². The lowest BCUT2D eigenvalue weighted by Crippen LogP contribution is -2.37. The average Bonchev–Trinajstić information content (AvgIpc) is 2.39. The van der Waals surface area contributed by atoms with Crippen molar-refractivity contribution in [3.8, 4) is 5.75 Å². The van der Waals surface area contributed by atoms with Crippen LogP contribution < -0.4 is 5.73 Å². The molecule has 0 saturated heterocycles. The molecule has 1 aromatic rings. The number of nitrogens with two attached hydrogens (primary N) is 1. The maximum Gasteiger partial charge on any atom is 0.335 e. The molecule has 0 radical (unpaired) electrons. The first-order valence-corrected chi connectivity index (χ1v) is 5.72. The predicted molar refractivity (Wildman–Crippen MR) is 75.0 cm³/mol. The van der Waals surface area contributed by atoms with Crippen LogP contribution in [0.5, 0.6) is 5.75 Å². The quantitative estimate of drug-likeness (QED) is 0.730. The average molecular weight is 322 g/mol. The van der Waals surface area contributed by atoms with E-state index in [9.17, 15) is 19.1 Å². The SMILES string of the molecule is COC(=O)C(C)(C)[C@@H](N)c1cc(C(=O)O)cc(F)c1O.Cl. The molecule has 1 rings (SSSR count). The normalized spacial score (nSPS) is 12.2. The number of ether oxygens (including phenoxy) is 1. The molecule has 8 heteroatoms. The highest BCUT2D eigenvalue weighted by molar-refractivity contribution is 5.88. The summed E-state index contributed by atoms with van der Waals surface area (Å²) in [5.41, 5.74) is 4.06. The van der Waals surface area contributed by atoms with Crippen molar-refractivity contribution in [2.75, 3.05) is 7.11 Å². The van der Waals surface area contributed by atoms with Crippen molar-refractivity contribution in [2.24, 2.45) is 11.1 Å². The van der Waals surface area contributed by atoms with Gasteiger partial charge in [0.15, 0.2) is 11.6 Å². The molecule has 21 heavy (non-hydrogen) atoms. The highest BCUT2D eigenvalue weighted by atomic mass is 35.5. The van der Waals surface area contributed by atoms with Crippen LogP contribution in [0, 0.1) is 11.2 Å². The van der Waals surface area contributed by atoms with E-state index < -0.39 is 35.0 Å². The van der Waals surface area contributed by atoms with Crippen LogP contribution in [0.4, 0.5) is 4.39 Å². The van der Waals surface area contributed by atoms with Crippen molar-refractivity contribution in [2.45, 2.75) is 19.9 Å². The molecular weight excluding hydrogens is 305 g/mol. The number of phenols is 1. The van der Waals surface area contributed by atoms with Gasteiger partial charge in [-0.25, -0.2) is 9.18 Å². The second-order valence-corrected chi connectivity index (χ2v) is 4.89. The maximum absolute atomic E-state index is 13.5. The van der Waals surface area contributed by atoms with E-state index in [4.69, 9.17) is 10.8 Å². The van der Waals surface area contributed by atoms with Crippen LogP contribution in [0.1, 0.15) is 35.8 Å². The second-order valence-electron chi connectivity index (χ2n) is 4.89. The molecule has 0 unspecified atom stereocenters. The van der Waals surface area contributed by atoms with E-state index in [0.29, 0.717) is 6.07 Å². The molecule has 0 bridgehead atoms. The van der Waals surface area contributed by atoms with E-state index >= 15 is 0 Å². The Morgan fingerprint density at radius 1 is 1.38 bits per heavy atom. The Bertz CT molecular complexity index is 562. The number of rotatable bonds is 4. The van der Waals surface area contributed by atoms with E-state index in [1.54, 1.807) is 0 Å². The Labute approximate surface area is 127 Å². The topological polar surface area (TPSA) is 110 Å². The Balaban J connectivity index is 0.00000400. The molecule has 0 aromatic heterocycles. The Hall–Kier alpha value is -1.86. The van der Waals surface area contributed by atoms with Gasteiger partial charge in [-0.2, -0.15) is 0 Å². The number of hydrogen-bond acceptors (Lipinski definition) is 5. The van der Waals surface area contributed by atoms with Gasteiger partial charge in [0, 0.05) is 11.6 Å². The summed E-state index contributed by atoms with van der Waals surface area (Å²) in [6.07, 6.45) is 0. The summed E-state index contributed by atoms with van der Waals surface area (Å²) in [5.74, 6) is -3.92. The molecular formula is C13H17ClFNO5. The van der Waals surface area contributed by atoms with Crippen LogP contribution in [-0.2, 0) is 9.53 Å². The number of carbonyl (C=O) groups excluding carboxylic acids is 1. The third kappa shape index (κ3) is 3.62. The fourth-order valence-electron chi connectivity index (χ4n) is 1.76. The van der Waals surface area contributed by atoms with Gasteiger partial charge < -0.3 is 20.7 Å². The number of carboxylic acids is 1. The van der Waals surface area contributed by atoms with Crippen LogP contribution >= 0.6 is 12.4 Å². The first kappa shape index (κ1) is 19.1. The number of aromatic carboxylic acids is 1. The van der Waals surface area contributed by atoms with Gasteiger partial charge >= 0.3 is 11.9 Å². The minimum absolute atomic E-state index is 0. The molecule has 0 saturated carbocycles. The first-order chi connectivity index (χ1) is 9.12. The number of halogens is 2. The van der Waals surface area contributed by atoms with Gasteiger partial charge in [0.25, 0.3) is 0 Å².